The molecule has 3 unspecified atom stereocenters. The van der Waals surface area contributed by atoms with E-state index in [1.807, 2.05) is 30.3 Å². The highest BCUT2D eigenvalue weighted by atomic mass is 35.5. The lowest BCUT2D eigenvalue weighted by Gasteiger charge is -2.33. The highest BCUT2D eigenvalue weighted by molar-refractivity contribution is 6.31. The van der Waals surface area contributed by atoms with E-state index in [9.17, 15) is 13.9 Å². The van der Waals surface area contributed by atoms with Gasteiger partial charge in [0.15, 0.2) is 6.29 Å². The van der Waals surface area contributed by atoms with Crippen LogP contribution in [0.25, 0.3) is 0 Å². The van der Waals surface area contributed by atoms with Crippen molar-refractivity contribution in [1.29, 1.82) is 0 Å². The molecular formula is C25H31ClF2O6. The predicted molar refractivity (Wildman–Crippen MR) is 123 cm³/mol. The summed E-state index contributed by atoms with van der Waals surface area (Å²) in [6, 6.07) is 13.2. The molecule has 1 aliphatic carbocycles. The average molecular weight is 501 g/mol. The summed E-state index contributed by atoms with van der Waals surface area (Å²) in [5.41, 5.74) is 2.70. The molecule has 3 atom stereocenters. The van der Waals surface area contributed by atoms with Gasteiger partial charge < -0.3 is 24.4 Å². The number of hydrogen-bond acceptors (Lipinski definition) is 6. The van der Waals surface area contributed by atoms with Gasteiger partial charge in [-0.2, -0.15) is 8.78 Å². The lowest BCUT2D eigenvalue weighted by Crippen LogP contribution is -2.34. The third kappa shape index (κ3) is 8.45. The van der Waals surface area contributed by atoms with Crippen molar-refractivity contribution in [2.24, 2.45) is 0 Å². The Morgan fingerprint density at radius 3 is 2.47 bits per heavy atom. The maximum absolute atomic E-state index is 12.6. The van der Waals surface area contributed by atoms with Crippen LogP contribution < -0.4 is 4.74 Å². The molecule has 1 heterocycles. The number of rotatable bonds is 10. The Kier molecular flexibility index (Phi) is 10.5. The van der Waals surface area contributed by atoms with Crippen LogP contribution in [0.4, 0.5) is 8.78 Å². The Morgan fingerprint density at radius 2 is 1.79 bits per heavy atom. The molecule has 0 spiro atoms. The van der Waals surface area contributed by atoms with Crippen LogP contribution in [0.3, 0.4) is 0 Å². The van der Waals surface area contributed by atoms with Crippen LogP contribution in [0.2, 0.25) is 5.02 Å². The van der Waals surface area contributed by atoms with Gasteiger partial charge in [0.05, 0.1) is 24.9 Å². The van der Waals surface area contributed by atoms with E-state index >= 15 is 0 Å². The fourth-order valence-corrected chi connectivity index (χ4v) is 3.92. The first-order valence-electron chi connectivity index (χ1n) is 11.3. The van der Waals surface area contributed by atoms with Crippen LogP contribution in [0.5, 0.6) is 5.75 Å². The van der Waals surface area contributed by atoms with E-state index in [1.165, 1.54) is 0 Å². The van der Waals surface area contributed by atoms with Gasteiger partial charge >= 0.3 is 6.61 Å². The molecule has 1 saturated carbocycles. The number of hydrogen-bond donors (Lipinski definition) is 2. The molecule has 0 radical (unpaired) electrons. The fourth-order valence-electron chi connectivity index (χ4n) is 3.74. The summed E-state index contributed by atoms with van der Waals surface area (Å²) < 4.78 is 46.5. The van der Waals surface area contributed by atoms with Crippen LogP contribution in [-0.2, 0) is 20.6 Å². The zero-order valence-corrected chi connectivity index (χ0v) is 19.8. The van der Waals surface area contributed by atoms with Gasteiger partial charge in [0, 0.05) is 25.0 Å². The Labute approximate surface area is 203 Å². The number of alkyl halides is 2. The third-order valence-corrected chi connectivity index (χ3v) is 5.88. The minimum atomic E-state index is -2.95. The van der Waals surface area contributed by atoms with Crippen molar-refractivity contribution in [3.63, 3.8) is 0 Å². The molecule has 2 aromatic carbocycles. The molecule has 0 amide bonds. The van der Waals surface area contributed by atoms with E-state index in [0.717, 1.165) is 42.4 Å². The van der Waals surface area contributed by atoms with E-state index in [2.05, 4.69) is 4.74 Å². The molecule has 1 aliphatic heterocycles. The summed E-state index contributed by atoms with van der Waals surface area (Å²) in [6.07, 6.45) is 1.15. The molecule has 1 saturated heterocycles. The molecule has 2 aromatic rings. The van der Waals surface area contributed by atoms with Crippen LogP contribution in [-0.4, -0.2) is 55.6 Å². The quantitative estimate of drug-likeness (QED) is 0.453. The molecule has 34 heavy (non-hydrogen) atoms. The minimum absolute atomic E-state index is 0.0163. The van der Waals surface area contributed by atoms with Gasteiger partial charge in [0.1, 0.15) is 12.4 Å². The van der Waals surface area contributed by atoms with Crippen molar-refractivity contribution in [1.82, 2.24) is 0 Å². The summed E-state index contributed by atoms with van der Waals surface area (Å²) in [4.78, 5) is 0. The lowest BCUT2D eigenvalue weighted by atomic mass is 9.95. The first kappa shape index (κ1) is 26.8. The maximum atomic E-state index is 12.6. The lowest BCUT2D eigenvalue weighted by molar-refractivity contribution is -0.284. The normalized spacial score (nSPS) is 22.3. The van der Waals surface area contributed by atoms with Gasteiger partial charge in [-0.15, -0.1) is 0 Å². The summed E-state index contributed by atoms with van der Waals surface area (Å²) in [5, 5.41) is 17.7. The smallest absolute Gasteiger partial charge is 0.347 e. The molecule has 188 valence electrons. The van der Waals surface area contributed by atoms with Crippen LogP contribution in [0.15, 0.2) is 42.5 Å². The van der Waals surface area contributed by atoms with Gasteiger partial charge in [0.2, 0.25) is 0 Å². The van der Waals surface area contributed by atoms with Gasteiger partial charge in [-0.1, -0.05) is 35.9 Å². The Morgan fingerprint density at radius 1 is 1.06 bits per heavy atom. The van der Waals surface area contributed by atoms with E-state index in [-0.39, 0.29) is 6.42 Å². The van der Waals surface area contributed by atoms with Crippen molar-refractivity contribution in [3.8, 4) is 5.75 Å². The second kappa shape index (κ2) is 13.3. The highest BCUT2D eigenvalue weighted by Crippen LogP contribution is 2.34. The van der Waals surface area contributed by atoms with Gasteiger partial charge in [-0.25, -0.2) is 0 Å². The molecule has 4 rings (SSSR count). The van der Waals surface area contributed by atoms with E-state index in [4.69, 9.17) is 30.9 Å². The Balaban J connectivity index is 0.00000158. The van der Waals surface area contributed by atoms with Gasteiger partial charge in [-0.05, 0) is 54.2 Å². The van der Waals surface area contributed by atoms with E-state index < -0.39 is 25.1 Å². The Bertz CT molecular complexity index is 876. The Hall–Kier alpha value is -1.81. The molecule has 0 aromatic heterocycles. The fraction of sp³-hybridized carbons (Fsp3) is 0.520. The van der Waals surface area contributed by atoms with Crippen LogP contribution in [0, 0.1) is 0 Å². The van der Waals surface area contributed by atoms with Crippen molar-refractivity contribution < 1.29 is 37.9 Å². The highest BCUT2D eigenvalue weighted by Gasteiger charge is 2.32. The standard InChI is InChI=1S/C24H27ClF2O5.CH4O/c25-21-8-3-16(22-13-18(28)14-23(31-22)32-24(26)27)12-17(21)11-15-1-4-19(5-2-15)29-9-10-30-20-6-7-20;1-2/h1-5,8,12,18,20,22-24,28H,6-7,9-11,13-14H2;2H,1H3. The van der Waals surface area contributed by atoms with Crippen LogP contribution >= 0.6 is 11.6 Å². The summed E-state index contributed by atoms with van der Waals surface area (Å²) in [6.45, 7) is -1.84. The van der Waals surface area contributed by atoms with Crippen molar-refractivity contribution >= 4 is 11.6 Å². The SMILES string of the molecule is CO.OC1CC(OC(F)F)OC(c2ccc(Cl)c(Cc3ccc(OCCOC4CC4)cc3)c2)C1. The first-order valence-corrected chi connectivity index (χ1v) is 11.7. The number of halogens is 3. The topological polar surface area (TPSA) is 77.4 Å². The largest absolute Gasteiger partial charge is 0.491 e. The van der Waals surface area contributed by atoms with Gasteiger partial charge in [-0.3, -0.25) is 4.74 Å². The van der Waals surface area contributed by atoms with Crippen LogP contribution in [0.1, 0.15) is 48.5 Å². The number of benzene rings is 2. The molecule has 9 heteroatoms. The predicted octanol–water partition coefficient (Wildman–Crippen LogP) is 4.87. The minimum Gasteiger partial charge on any atom is -0.491 e. The summed E-state index contributed by atoms with van der Waals surface area (Å²) in [5.74, 6) is 0.780. The maximum Gasteiger partial charge on any atom is 0.347 e. The monoisotopic (exact) mass is 500 g/mol. The number of aliphatic hydroxyl groups is 2. The number of ether oxygens (including phenoxy) is 4. The van der Waals surface area contributed by atoms with Crippen molar-refractivity contribution in [2.75, 3.05) is 20.3 Å². The molecule has 2 fully saturated rings. The van der Waals surface area contributed by atoms with Crippen molar-refractivity contribution in [2.45, 2.75) is 63.3 Å². The zero-order valence-electron chi connectivity index (χ0n) is 19.0. The summed E-state index contributed by atoms with van der Waals surface area (Å²) in [7, 11) is 1.00. The molecule has 6 nitrogen and oxygen atoms in total. The summed E-state index contributed by atoms with van der Waals surface area (Å²) >= 11 is 6.40. The second-order valence-corrected chi connectivity index (χ2v) is 8.57. The third-order valence-electron chi connectivity index (χ3n) is 5.51. The zero-order chi connectivity index (χ0) is 24.5. The average Bonchev–Trinajstić information content (AvgIpc) is 3.64. The first-order chi connectivity index (χ1) is 16.5. The second-order valence-electron chi connectivity index (χ2n) is 8.17. The molecule has 2 aliphatic rings. The van der Waals surface area contributed by atoms with E-state index in [0.29, 0.717) is 37.2 Å². The molecular weight excluding hydrogens is 470 g/mol. The number of aliphatic hydroxyl groups excluding tert-OH is 2. The van der Waals surface area contributed by atoms with Crippen molar-refractivity contribution in [3.05, 3.63) is 64.2 Å². The molecule has 2 N–H and O–H groups in total. The van der Waals surface area contributed by atoms with Gasteiger partial charge in [0.25, 0.3) is 0 Å². The van der Waals surface area contributed by atoms with E-state index in [1.54, 1.807) is 12.1 Å². The molecule has 0 bridgehead atoms.